The molecule has 2 atom stereocenters. The summed E-state index contributed by atoms with van der Waals surface area (Å²) in [5.41, 5.74) is 4.92. The second kappa shape index (κ2) is 7.85. The molecule has 154 valence electrons. The van der Waals surface area contributed by atoms with Crippen LogP contribution in [-0.4, -0.2) is 11.9 Å². The average molecular weight is 391 g/mol. The first-order chi connectivity index (χ1) is 13.9. The summed E-state index contributed by atoms with van der Waals surface area (Å²) in [6.07, 6.45) is 5.67. The number of anilines is 2. The van der Waals surface area contributed by atoms with Crippen molar-refractivity contribution in [2.75, 3.05) is 10.2 Å². The molecule has 0 radical (unpaired) electrons. The van der Waals surface area contributed by atoms with E-state index in [4.69, 9.17) is 0 Å². The number of benzene rings is 2. The first kappa shape index (κ1) is 20.0. The van der Waals surface area contributed by atoms with Gasteiger partial charge in [0.15, 0.2) is 0 Å². The molecule has 1 fully saturated rings. The van der Waals surface area contributed by atoms with E-state index in [0.717, 1.165) is 18.5 Å². The number of carbonyl (C=O) groups is 1. The fraction of sp³-hybridized carbons (Fsp3) is 0.500. The van der Waals surface area contributed by atoms with Gasteiger partial charge in [-0.1, -0.05) is 69.5 Å². The number of amides is 1. The summed E-state index contributed by atoms with van der Waals surface area (Å²) in [7, 11) is 0. The van der Waals surface area contributed by atoms with Gasteiger partial charge in [0, 0.05) is 28.7 Å². The molecule has 4 rings (SSSR count). The maximum atomic E-state index is 12.8. The largest absolute Gasteiger partial charge is 0.361 e. The number of nitrogens with one attached hydrogen (secondary N) is 1. The summed E-state index contributed by atoms with van der Waals surface area (Å²) >= 11 is 0. The van der Waals surface area contributed by atoms with Crippen molar-refractivity contribution >= 4 is 17.3 Å². The number of hydrogen-bond acceptors (Lipinski definition) is 2. The maximum absolute atomic E-state index is 12.8. The van der Waals surface area contributed by atoms with Crippen molar-refractivity contribution in [3.05, 3.63) is 59.7 Å². The topological polar surface area (TPSA) is 32.3 Å². The van der Waals surface area contributed by atoms with Crippen molar-refractivity contribution in [1.29, 1.82) is 0 Å². The van der Waals surface area contributed by atoms with E-state index in [1.165, 1.54) is 36.1 Å². The van der Waals surface area contributed by atoms with Crippen molar-refractivity contribution in [3.8, 4) is 0 Å². The Morgan fingerprint density at radius 3 is 2.45 bits per heavy atom. The van der Waals surface area contributed by atoms with Gasteiger partial charge in [-0.15, -0.1) is 0 Å². The minimum Gasteiger partial charge on any atom is -0.361 e. The summed E-state index contributed by atoms with van der Waals surface area (Å²) < 4.78 is 0. The zero-order valence-corrected chi connectivity index (χ0v) is 18.2. The Bertz CT molecular complexity index is 868. The van der Waals surface area contributed by atoms with Crippen LogP contribution in [0.1, 0.15) is 77.0 Å². The molecule has 3 nitrogen and oxygen atoms in total. The van der Waals surface area contributed by atoms with Gasteiger partial charge in [-0.2, -0.15) is 0 Å². The minimum absolute atomic E-state index is 0.0598. The lowest BCUT2D eigenvalue weighted by Gasteiger charge is -2.36. The van der Waals surface area contributed by atoms with Crippen molar-refractivity contribution in [2.45, 2.75) is 77.3 Å². The molecule has 2 aliphatic rings. The SMILES string of the molecule is CC(c1ccccc1)N1c2cc(NC(=O)C3CCCCC3)ccc2C(C)(C)C1C. The molecule has 2 aromatic carbocycles. The van der Waals surface area contributed by atoms with Crippen LogP contribution in [0.25, 0.3) is 0 Å². The highest BCUT2D eigenvalue weighted by Crippen LogP contribution is 2.49. The molecule has 0 aromatic heterocycles. The molecule has 1 N–H and O–H groups in total. The van der Waals surface area contributed by atoms with E-state index in [2.05, 4.69) is 86.4 Å². The Labute approximate surface area is 175 Å². The molecule has 0 bridgehead atoms. The first-order valence-corrected chi connectivity index (χ1v) is 11.2. The van der Waals surface area contributed by atoms with Crippen LogP contribution in [-0.2, 0) is 10.2 Å². The second-order valence-electron chi connectivity index (χ2n) is 9.45. The Kier molecular flexibility index (Phi) is 5.42. The summed E-state index contributed by atoms with van der Waals surface area (Å²) in [4.78, 5) is 15.3. The highest BCUT2D eigenvalue weighted by atomic mass is 16.1. The van der Waals surface area contributed by atoms with Crippen LogP contribution < -0.4 is 10.2 Å². The molecular weight excluding hydrogens is 356 g/mol. The Hall–Kier alpha value is -2.29. The molecule has 0 spiro atoms. The van der Waals surface area contributed by atoms with Crippen LogP contribution in [0.5, 0.6) is 0 Å². The molecular formula is C26H34N2O. The molecule has 0 saturated heterocycles. The van der Waals surface area contributed by atoms with E-state index in [0.29, 0.717) is 6.04 Å². The predicted octanol–water partition coefficient (Wildman–Crippen LogP) is 6.45. The zero-order chi connectivity index (χ0) is 20.6. The number of carbonyl (C=O) groups excluding carboxylic acids is 1. The van der Waals surface area contributed by atoms with E-state index < -0.39 is 0 Å². The van der Waals surface area contributed by atoms with Crippen LogP contribution in [0.15, 0.2) is 48.5 Å². The third kappa shape index (κ3) is 3.68. The molecule has 1 heterocycles. The molecule has 2 unspecified atom stereocenters. The van der Waals surface area contributed by atoms with Gasteiger partial charge in [0.05, 0.1) is 6.04 Å². The van der Waals surface area contributed by atoms with Gasteiger partial charge in [-0.3, -0.25) is 4.79 Å². The van der Waals surface area contributed by atoms with Gasteiger partial charge in [0.25, 0.3) is 0 Å². The molecule has 29 heavy (non-hydrogen) atoms. The van der Waals surface area contributed by atoms with E-state index in [-0.39, 0.29) is 23.3 Å². The van der Waals surface area contributed by atoms with Gasteiger partial charge < -0.3 is 10.2 Å². The molecule has 1 aliphatic carbocycles. The fourth-order valence-electron chi connectivity index (χ4n) is 5.19. The number of rotatable bonds is 4. The van der Waals surface area contributed by atoms with Crippen molar-refractivity contribution in [2.24, 2.45) is 5.92 Å². The van der Waals surface area contributed by atoms with E-state index >= 15 is 0 Å². The standard InChI is InChI=1S/C26H34N2O/c1-18(20-11-7-5-8-12-20)28-19(2)26(3,4)23-16-15-22(17-24(23)28)27-25(29)21-13-9-6-10-14-21/h5,7-8,11-12,15-19,21H,6,9-10,13-14H2,1-4H3,(H,27,29). The van der Waals surface area contributed by atoms with Gasteiger partial charge in [-0.05, 0) is 49.9 Å². The van der Waals surface area contributed by atoms with Crippen LogP contribution >= 0.6 is 0 Å². The molecule has 1 aliphatic heterocycles. The van der Waals surface area contributed by atoms with E-state index in [9.17, 15) is 4.79 Å². The molecule has 1 amide bonds. The summed E-state index contributed by atoms with van der Waals surface area (Å²) in [6.45, 7) is 9.26. The van der Waals surface area contributed by atoms with E-state index in [1.54, 1.807) is 0 Å². The van der Waals surface area contributed by atoms with Crippen LogP contribution in [0.2, 0.25) is 0 Å². The van der Waals surface area contributed by atoms with Crippen LogP contribution in [0.3, 0.4) is 0 Å². The number of hydrogen-bond donors (Lipinski definition) is 1. The highest BCUT2D eigenvalue weighted by molar-refractivity contribution is 5.93. The van der Waals surface area contributed by atoms with Crippen LogP contribution in [0, 0.1) is 5.92 Å². The third-order valence-electron chi connectivity index (χ3n) is 7.37. The van der Waals surface area contributed by atoms with Crippen molar-refractivity contribution in [3.63, 3.8) is 0 Å². The molecule has 3 heteroatoms. The Morgan fingerprint density at radius 2 is 1.76 bits per heavy atom. The lowest BCUT2D eigenvalue weighted by molar-refractivity contribution is -0.120. The normalized spacial score (nSPS) is 22.2. The van der Waals surface area contributed by atoms with Crippen molar-refractivity contribution < 1.29 is 4.79 Å². The van der Waals surface area contributed by atoms with Crippen LogP contribution in [0.4, 0.5) is 11.4 Å². The Morgan fingerprint density at radius 1 is 1.07 bits per heavy atom. The minimum atomic E-state index is 0.0598. The lowest BCUT2D eigenvalue weighted by Crippen LogP contribution is -2.40. The number of nitrogens with zero attached hydrogens (tertiary/aromatic N) is 1. The van der Waals surface area contributed by atoms with Gasteiger partial charge in [0.1, 0.15) is 0 Å². The van der Waals surface area contributed by atoms with E-state index in [1.807, 2.05) is 0 Å². The summed E-state index contributed by atoms with van der Waals surface area (Å²) in [5.74, 6) is 0.365. The van der Waals surface area contributed by atoms with Gasteiger partial charge in [-0.25, -0.2) is 0 Å². The second-order valence-corrected chi connectivity index (χ2v) is 9.45. The Balaban J connectivity index is 1.64. The molecule has 2 aromatic rings. The number of fused-ring (bicyclic) bond motifs is 1. The molecule has 1 saturated carbocycles. The monoisotopic (exact) mass is 390 g/mol. The van der Waals surface area contributed by atoms with Gasteiger partial charge in [0.2, 0.25) is 5.91 Å². The quantitative estimate of drug-likeness (QED) is 0.650. The lowest BCUT2D eigenvalue weighted by atomic mass is 9.81. The van der Waals surface area contributed by atoms with Gasteiger partial charge >= 0.3 is 0 Å². The van der Waals surface area contributed by atoms with Crippen molar-refractivity contribution in [1.82, 2.24) is 0 Å². The maximum Gasteiger partial charge on any atom is 0.227 e. The predicted molar refractivity (Wildman–Crippen MR) is 121 cm³/mol. The highest BCUT2D eigenvalue weighted by Gasteiger charge is 2.43. The average Bonchev–Trinajstić information content (AvgIpc) is 2.94. The summed E-state index contributed by atoms with van der Waals surface area (Å²) in [5, 5.41) is 3.22. The fourth-order valence-corrected chi connectivity index (χ4v) is 5.19. The smallest absolute Gasteiger partial charge is 0.227 e. The summed E-state index contributed by atoms with van der Waals surface area (Å²) in [6, 6.07) is 17.9. The zero-order valence-electron chi connectivity index (χ0n) is 18.2. The third-order valence-corrected chi connectivity index (χ3v) is 7.37. The first-order valence-electron chi connectivity index (χ1n) is 11.2.